The van der Waals surface area contributed by atoms with E-state index in [0.29, 0.717) is 24.0 Å². The lowest BCUT2D eigenvalue weighted by atomic mass is 10.2. The summed E-state index contributed by atoms with van der Waals surface area (Å²) in [5, 5.41) is 15.6. The van der Waals surface area contributed by atoms with Crippen molar-refractivity contribution in [2.75, 3.05) is 13.1 Å². The van der Waals surface area contributed by atoms with Crippen molar-refractivity contribution >= 4 is 41.6 Å². The molecule has 3 heterocycles. The molecule has 2 N–H and O–H groups in total. The first kappa shape index (κ1) is 21.1. The van der Waals surface area contributed by atoms with Crippen molar-refractivity contribution in [1.29, 1.82) is 0 Å². The van der Waals surface area contributed by atoms with Gasteiger partial charge in [-0.05, 0) is 38.4 Å². The number of fused-ring (bicyclic) bond motifs is 1. The second-order valence-corrected chi connectivity index (χ2v) is 6.29. The minimum absolute atomic E-state index is 0. The van der Waals surface area contributed by atoms with Gasteiger partial charge < -0.3 is 10.6 Å². The number of benzene rings is 1. The van der Waals surface area contributed by atoms with E-state index < -0.39 is 0 Å². The fraction of sp³-hybridized carbons (Fsp3) is 0.333. The van der Waals surface area contributed by atoms with Crippen molar-refractivity contribution in [1.82, 2.24) is 30.6 Å². The maximum atomic E-state index is 12.5. The third-order valence-corrected chi connectivity index (χ3v) is 4.62. The van der Waals surface area contributed by atoms with Crippen molar-refractivity contribution in [2.24, 2.45) is 0 Å². The van der Waals surface area contributed by atoms with Crippen LogP contribution < -0.4 is 10.6 Å². The third-order valence-electron chi connectivity index (χ3n) is 4.62. The van der Waals surface area contributed by atoms with E-state index in [-0.39, 0.29) is 30.7 Å². The van der Waals surface area contributed by atoms with Gasteiger partial charge in [0, 0.05) is 24.2 Å². The Kier molecular flexibility index (Phi) is 7.12. The fourth-order valence-corrected chi connectivity index (χ4v) is 3.26. The van der Waals surface area contributed by atoms with Gasteiger partial charge in [-0.2, -0.15) is 0 Å². The smallest absolute Gasteiger partial charge is 0.273 e. The molecular weight excluding hydrogens is 387 g/mol. The van der Waals surface area contributed by atoms with Crippen LogP contribution in [0.5, 0.6) is 0 Å². The molecule has 1 amide bonds. The zero-order chi connectivity index (χ0) is 17.2. The van der Waals surface area contributed by atoms with Crippen LogP contribution in [-0.4, -0.2) is 45.0 Å². The number of aromatic nitrogens is 4. The van der Waals surface area contributed by atoms with Gasteiger partial charge in [0.2, 0.25) is 0 Å². The number of nitrogens with one attached hydrogen (secondary N) is 2. The van der Waals surface area contributed by atoms with Gasteiger partial charge in [-0.25, -0.2) is 4.68 Å². The van der Waals surface area contributed by atoms with Gasteiger partial charge in [0.15, 0.2) is 5.69 Å². The van der Waals surface area contributed by atoms with E-state index in [0.717, 1.165) is 36.0 Å². The van der Waals surface area contributed by atoms with E-state index in [1.54, 1.807) is 10.9 Å². The average molecular weight is 409 g/mol. The second kappa shape index (κ2) is 9.12. The highest BCUT2D eigenvalue weighted by Crippen LogP contribution is 2.21. The molecule has 144 valence electrons. The van der Waals surface area contributed by atoms with E-state index in [9.17, 15) is 4.79 Å². The first-order valence-corrected chi connectivity index (χ1v) is 8.52. The molecule has 0 aliphatic carbocycles. The minimum atomic E-state index is -0.189. The predicted octanol–water partition coefficient (Wildman–Crippen LogP) is 2.45. The normalized spacial score (nSPS) is 15.8. The van der Waals surface area contributed by atoms with Crippen LogP contribution in [0.3, 0.4) is 0 Å². The number of pyridine rings is 1. The molecule has 1 saturated heterocycles. The van der Waals surface area contributed by atoms with Gasteiger partial charge >= 0.3 is 0 Å². The second-order valence-electron chi connectivity index (χ2n) is 6.29. The number of halogens is 2. The molecule has 4 rings (SSSR count). The molecule has 3 aromatic rings. The number of carbonyl (C=O) groups excluding carboxylic acids is 1. The summed E-state index contributed by atoms with van der Waals surface area (Å²) in [5.74, 6) is -0.189. The molecule has 9 heteroatoms. The van der Waals surface area contributed by atoms with E-state index in [4.69, 9.17) is 0 Å². The van der Waals surface area contributed by atoms with Crippen molar-refractivity contribution in [3.63, 3.8) is 0 Å². The molecule has 27 heavy (non-hydrogen) atoms. The van der Waals surface area contributed by atoms with Crippen LogP contribution in [-0.2, 0) is 0 Å². The Morgan fingerprint density at radius 3 is 2.89 bits per heavy atom. The molecule has 1 atom stereocenters. The van der Waals surface area contributed by atoms with Crippen LogP contribution in [0.2, 0.25) is 0 Å². The van der Waals surface area contributed by atoms with Gasteiger partial charge in [0.1, 0.15) is 0 Å². The van der Waals surface area contributed by atoms with Gasteiger partial charge in [0.05, 0.1) is 16.9 Å². The molecular formula is C18H22Cl2N6O. The number of carbonyl (C=O) groups is 1. The molecule has 1 aliphatic heterocycles. The highest BCUT2D eigenvalue weighted by molar-refractivity contribution is 5.93. The number of hydrogen-bond acceptors (Lipinski definition) is 5. The average Bonchev–Trinajstić information content (AvgIpc) is 3.29. The largest absolute Gasteiger partial charge is 0.349 e. The Morgan fingerprint density at radius 2 is 2.11 bits per heavy atom. The van der Waals surface area contributed by atoms with Crippen LogP contribution in [0.4, 0.5) is 0 Å². The van der Waals surface area contributed by atoms with Crippen molar-refractivity contribution in [3.05, 3.63) is 47.9 Å². The number of para-hydroxylation sites is 1. The summed E-state index contributed by atoms with van der Waals surface area (Å²) in [4.78, 5) is 16.9. The van der Waals surface area contributed by atoms with Crippen LogP contribution >= 0.6 is 24.8 Å². The Morgan fingerprint density at radius 1 is 1.30 bits per heavy atom. The van der Waals surface area contributed by atoms with Crippen LogP contribution in [0.15, 0.2) is 36.5 Å². The summed E-state index contributed by atoms with van der Waals surface area (Å²) in [6.07, 6.45) is 4.00. The third kappa shape index (κ3) is 4.21. The lowest BCUT2D eigenvalue weighted by Gasteiger charge is -2.11. The van der Waals surface area contributed by atoms with Gasteiger partial charge in [-0.1, -0.05) is 23.4 Å². The highest BCUT2D eigenvalue weighted by atomic mass is 35.5. The quantitative estimate of drug-likeness (QED) is 0.692. The first-order valence-electron chi connectivity index (χ1n) is 8.52. The van der Waals surface area contributed by atoms with E-state index in [2.05, 4.69) is 25.9 Å². The van der Waals surface area contributed by atoms with E-state index in [1.807, 2.05) is 37.3 Å². The summed E-state index contributed by atoms with van der Waals surface area (Å²) < 4.78 is 1.68. The zero-order valence-electron chi connectivity index (χ0n) is 14.9. The molecule has 0 radical (unpaired) electrons. The molecule has 7 nitrogen and oxygen atoms in total. The lowest BCUT2D eigenvalue weighted by molar-refractivity contribution is 0.0944. The summed E-state index contributed by atoms with van der Waals surface area (Å²) in [5.41, 5.74) is 2.71. The standard InChI is InChI=1S/C18H20N6O.2ClH/c1-12-16(18(25)21-11-14-7-4-9-19-14)22-23-24(12)15-8-2-5-13-6-3-10-20-17(13)15;;/h2-3,5-6,8,10,14,19H,4,7,9,11H2,1H3,(H,21,25);2*1H. The van der Waals surface area contributed by atoms with E-state index >= 15 is 0 Å². The molecule has 2 aromatic heterocycles. The fourth-order valence-electron chi connectivity index (χ4n) is 3.26. The van der Waals surface area contributed by atoms with Gasteiger partial charge in [0.25, 0.3) is 5.91 Å². The summed E-state index contributed by atoms with van der Waals surface area (Å²) in [6, 6.07) is 10.1. The summed E-state index contributed by atoms with van der Waals surface area (Å²) in [6.45, 7) is 3.48. The number of rotatable bonds is 4. The first-order chi connectivity index (χ1) is 12.2. The molecule has 0 bridgehead atoms. The molecule has 1 fully saturated rings. The SMILES string of the molecule is Cc1c(C(=O)NCC2CCCN2)nnn1-c1cccc2cccnc12.Cl.Cl. The molecule has 0 spiro atoms. The Labute approximate surface area is 169 Å². The number of hydrogen-bond donors (Lipinski definition) is 2. The molecule has 1 unspecified atom stereocenters. The Bertz CT molecular complexity index is 918. The van der Waals surface area contributed by atoms with Crippen molar-refractivity contribution in [3.8, 4) is 5.69 Å². The van der Waals surface area contributed by atoms with Gasteiger partial charge in [-0.15, -0.1) is 29.9 Å². The van der Waals surface area contributed by atoms with E-state index in [1.165, 1.54) is 0 Å². The van der Waals surface area contributed by atoms with Crippen LogP contribution in [0.25, 0.3) is 16.6 Å². The van der Waals surface area contributed by atoms with Crippen LogP contribution in [0.1, 0.15) is 29.0 Å². The molecule has 1 aromatic carbocycles. The van der Waals surface area contributed by atoms with Crippen molar-refractivity contribution in [2.45, 2.75) is 25.8 Å². The Hall–Kier alpha value is -2.22. The van der Waals surface area contributed by atoms with Crippen LogP contribution in [0, 0.1) is 6.92 Å². The van der Waals surface area contributed by atoms with Gasteiger partial charge in [-0.3, -0.25) is 9.78 Å². The molecule has 0 saturated carbocycles. The zero-order valence-corrected chi connectivity index (χ0v) is 16.5. The lowest BCUT2D eigenvalue weighted by Crippen LogP contribution is -2.37. The highest BCUT2D eigenvalue weighted by Gasteiger charge is 2.20. The topological polar surface area (TPSA) is 84.7 Å². The monoisotopic (exact) mass is 408 g/mol. The molecule has 1 aliphatic rings. The summed E-state index contributed by atoms with van der Waals surface area (Å²) >= 11 is 0. The van der Waals surface area contributed by atoms with Crippen molar-refractivity contribution < 1.29 is 4.79 Å². The number of amides is 1. The Balaban J connectivity index is 0.00000131. The maximum Gasteiger partial charge on any atom is 0.273 e. The summed E-state index contributed by atoms with van der Waals surface area (Å²) in [7, 11) is 0. The number of nitrogens with zero attached hydrogens (tertiary/aromatic N) is 4. The maximum absolute atomic E-state index is 12.5. The predicted molar refractivity (Wildman–Crippen MR) is 109 cm³/mol. The minimum Gasteiger partial charge on any atom is -0.349 e.